The topological polar surface area (TPSA) is 59.9 Å². The summed E-state index contributed by atoms with van der Waals surface area (Å²) in [6, 6.07) is 0.408. The monoisotopic (exact) mass is 284 g/mol. The van der Waals surface area contributed by atoms with Crippen LogP contribution in [-0.2, 0) is 11.3 Å². The maximum atomic E-state index is 5.12. The summed E-state index contributed by atoms with van der Waals surface area (Å²) in [7, 11) is 1.67. The molecule has 1 N–H and O–H groups in total. The Balaban J connectivity index is 2.16. The largest absolute Gasteiger partial charge is 0.378 e. The van der Waals surface area contributed by atoms with E-state index in [2.05, 4.69) is 34.3 Å². The number of nitrogens with zero attached hydrogens (tertiary/aromatic N) is 3. The Labute approximate surface area is 114 Å². The molecule has 0 aromatic carbocycles. The maximum Gasteiger partial charge on any atom is 0.206 e. The van der Waals surface area contributed by atoms with Crippen LogP contribution in [0.4, 0.5) is 5.13 Å². The number of hydrogen-bond acceptors (Lipinski definition) is 7. The molecule has 18 heavy (non-hydrogen) atoms. The zero-order valence-electron chi connectivity index (χ0n) is 10.6. The van der Waals surface area contributed by atoms with E-state index >= 15 is 0 Å². The minimum Gasteiger partial charge on any atom is -0.378 e. The minimum absolute atomic E-state index is 0.408. The Morgan fingerprint density at radius 3 is 3.00 bits per heavy atom. The van der Waals surface area contributed by atoms with E-state index in [9.17, 15) is 0 Å². The zero-order valence-corrected chi connectivity index (χ0v) is 12.3. The van der Waals surface area contributed by atoms with Crippen LogP contribution in [0.5, 0.6) is 0 Å². The molecule has 0 aliphatic carbocycles. The average Bonchev–Trinajstić information content (AvgIpc) is 2.98. The molecule has 2 heterocycles. The second kappa shape index (κ2) is 6.21. The van der Waals surface area contributed by atoms with E-state index < -0.39 is 0 Å². The lowest BCUT2D eigenvalue weighted by atomic mass is 10.3. The molecular formula is C11H16N4OS2. The van der Waals surface area contributed by atoms with Crippen molar-refractivity contribution < 1.29 is 4.74 Å². The number of methoxy groups -OCH3 is 1. The lowest BCUT2D eigenvalue weighted by Gasteiger charge is -2.07. The van der Waals surface area contributed by atoms with Crippen molar-refractivity contribution in [3.63, 3.8) is 0 Å². The number of ether oxygens (including phenoxy) is 1. The first-order valence-electron chi connectivity index (χ1n) is 5.76. The molecule has 2 rings (SSSR count). The first kappa shape index (κ1) is 13.4. The van der Waals surface area contributed by atoms with Crippen LogP contribution in [0.1, 0.15) is 26.0 Å². The Hall–Kier alpha value is -1.05. The predicted octanol–water partition coefficient (Wildman–Crippen LogP) is 3.02. The van der Waals surface area contributed by atoms with Gasteiger partial charge in [0.25, 0.3) is 0 Å². The smallest absolute Gasteiger partial charge is 0.206 e. The van der Waals surface area contributed by atoms with Gasteiger partial charge in [-0.05, 0) is 13.3 Å². The van der Waals surface area contributed by atoms with E-state index in [1.807, 2.05) is 5.51 Å². The third-order valence-corrected chi connectivity index (χ3v) is 4.40. The second-order valence-electron chi connectivity index (χ2n) is 3.93. The molecule has 2 aromatic rings. The van der Waals surface area contributed by atoms with E-state index in [1.54, 1.807) is 29.8 Å². The summed E-state index contributed by atoms with van der Waals surface area (Å²) in [6.07, 6.45) is 1.06. The first-order chi connectivity index (χ1) is 8.74. The molecule has 0 saturated heterocycles. The van der Waals surface area contributed by atoms with Crippen molar-refractivity contribution in [1.82, 2.24) is 15.2 Å². The van der Waals surface area contributed by atoms with Crippen molar-refractivity contribution in [2.24, 2.45) is 0 Å². The van der Waals surface area contributed by atoms with Gasteiger partial charge in [-0.15, -0.1) is 21.5 Å². The van der Waals surface area contributed by atoms with Crippen LogP contribution < -0.4 is 5.32 Å². The van der Waals surface area contributed by atoms with Gasteiger partial charge in [0.05, 0.1) is 22.7 Å². The third-order valence-electron chi connectivity index (χ3n) is 2.52. The van der Waals surface area contributed by atoms with Gasteiger partial charge in [-0.3, -0.25) is 0 Å². The molecule has 0 aliphatic heterocycles. The van der Waals surface area contributed by atoms with Crippen molar-refractivity contribution in [2.75, 3.05) is 12.4 Å². The number of nitrogens with one attached hydrogen (secondary N) is 1. The van der Waals surface area contributed by atoms with E-state index in [1.165, 1.54) is 0 Å². The van der Waals surface area contributed by atoms with E-state index in [4.69, 9.17) is 4.74 Å². The van der Waals surface area contributed by atoms with Crippen LogP contribution in [0.3, 0.4) is 0 Å². The molecule has 0 spiro atoms. The molecule has 0 bridgehead atoms. The van der Waals surface area contributed by atoms with Crippen LogP contribution in [-0.4, -0.2) is 28.3 Å². The van der Waals surface area contributed by atoms with Crippen molar-refractivity contribution >= 4 is 27.8 Å². The molecule has 0 saturated carbocycles. The molecule has 2 aromatic heterocycles. The standard InChI is InChI=1S/C11H16N4OS2/c1-4-7(2)13-11-15-14-10(18-11)9-8(5-16-3)12-6-17-9/h6-7H,4-5H2,1-3H3,(H,13,15). The molecule has 1 atom stereocenters. The first-order valence-corrected chi connectivity index (χ1v) is 7.46. The molecule has 1 unspecified atom stereocenters. The lowest BCUT2D eigenvalue weighted by molar-refractivity contribution is 0.182. The van der Waals surface area contributed by atoms with Gasteiger partial charge in [-0.2, -0.15) is 0 Å². The Morgan fingerprint density at radius 2 is 2.28 bits per heavy atom. The van der Waals surface area contributed by atoms with Gasteiger partial charge in [0, 0.05) is 13.2 Å². The van der Waals surface area contributed by atoms with Crippen LogP contribution in [0.15, 0.2) is 5.51 Å². The fourth-order valence-electron chi connectivity index (χ4n) is 1.37. The summed E-state index contributed by atoms with van der Waals surface area (Å²) in [4.78, 5) is 5.33. The van der Waals surface area contributed by atoms with Crippen LogP contribution in [0, 0.1) is 0 Å². The highest BCUT2D eigenvalue weighted by atomic mass is 32.1. The van der Waals surface area contributed by atoms with E-state index in [0.717, 1.165) is 27.1 Å². The number of aromatic nitrogens is 3. The number of rotatable bonds is 6. The van der Waals surface area contributed by atoms with Gasteiger partial charge in [-0.25, -0.2) is 4.98 Å². The Morgan fingerprint density at radius 1 is 1.44 bits per heavy atom. The van der Waals surface area contributed by atoms with E-state index in [-0.39, 0.29) is 0 Å². The summed E-state index contributed by atoms with van der Waals surface area (Å²) in [5, 5.41) is 13.4. The van der Waals surface area contributed by atoms with Gasteiger partial charge >= 0.3 is 0 Å². The van der Waals surface area contributed by atoms with Gasteiger partial charge in [0.1, 0.15) is 0 Å². The predicted molar refractivity (Wildman–Crippen MR) is 75.1 cm³/mol. The third kappa shape index (κ3) is 3.04. The summed E-state index contributed by atoms with van der Waals surface area (Å²) in [6.45, 7) is 4.77. The summed E-state index contributed by atoms with van der Waals surface area (Å²) in [5.74, 6) is 0. The Kier molecular flexibility index (Phi) is 4.62. The van der Waals surface area contributed by atoms with Crippen molar-refractivity contribution in [3.05, 3.63) is 11.2 Å². The fraction of sp³-hybridized carbons (Fsp3) is 0.545. The molecule has 0 radical (unpaired) electrons. The number of anilines is 1. The highest BCUT2D eigenvalue weighted by Crippen LogP contribution is 2.32. The van der Waals surface area contributed by atoms with Crippen LogP contribution in [0.25, 0.3) is 9.88 Å². The van der Waals surface area contributed by atoms with Crippen LogP contribution in [0.2, 0.25) is 0 Å². The zero-order chi connectivity index (χ0) is 13.0. The molecule has 5 nitrogen and oxygen atoms in total. The van der Waals surface area contributed by atoms with Gasteiger partial charge in [0.2, 0.25) is 5.13 Å². The molecule has 0 aliphatic rings. The summed E-state index contributed by atoms with van der Waals surface area (Å²) < 4.78 is 5.12. The van der Waals surface area contributed by atoms with Crippen molar-refractivity contribution in [1.29, 1.82) is 0 Å². The van der Waals surface area contributed by atoms with Gasteiger partial charge < -0.3 is 10.1 Å². The highest BCUT2D eigenvalue weighted by molar-refractivity contribution is 7.22. The highest BCUT2D eigenvalue weighted by Gasteiger charge is 2.14. The average molecular weight is 284 g/mol. The van der Waals surface area contributed by atoms with Gasteiger partial charge in [0.15, 0.2) is 5.01 Å². The normalized spacial score (nSPS) is 12.6. The maximum absolute atomic E-state index is 5.12. The minimum atomic E-state index is 0.408. The Bertz CT molecular complexity index is 497. The van der Waals surface area contributed by atoms with Gasteiger partial charge in [-0.1, -0.05) is 18.3 Å². The number of hydrogen-bond donors (Lipinski definition) is 1. The molecule has 0 fully saturated rings. The summed E-state index contributed by atoms with van der Waals surface area (Å²) in [5.41, 5.74) is 2.74. The quantitative estimate of drug-likeness (QED) is 0.883. The molecule has 98 valence electrons. The fourth-order valence-corrected chi connectivity index (χ4v) is 3.13. The van der Waals surface area contributed by atoms with Crippen LogP contribution >= 0.6 is 22.7 Å². The second-order valence-corrected chi connectivity index (χ2v) is 5.76. The molecule has 0 amide bonds. The van der Waals surface area contributed by atoms with E-state index in [0.29, 0.717) is 12.6 Å². The van der Waals surface area contributed by atoms with Crippen molar-refractivity contribution in [3.8, 4) is 9.88 Å². The summed E-state index contributed by atoms with van der Waals surface area (Å²) >= 11 is 3.13. The van der Waals surface area contributed by atoms with Crippen molar-refractivity contribution in [2.45, 2.75) is 32.9 Å². The molecular weight excluding hydrogens is 268 g/mol. The lowest BCUT2D eigenvalue weighted by Crippen LogP contribution is -2.12. The SMILES string of the molecule is CCC(C)Nc1nnc(-c2scnc2COC)s1. The number of thiazole rings is 1. The molecule has 7 heteroatoms.